The zero-order valence-corrected chi connectivity index (χ0v) is 25.2. The van der Waals surface area contributed by atoms with E-state index in [-0.39, 0.29) is 9.79 Å². The van der Waals surface area contributed by atoms with Crippen LogP contribution >= 0.6 is 0 Å². The van der Waals surface area contributed by atoms with Gasteiger partial charge in [0.2, 0.25) is 5.91 Å². The van der Waals surface area contributed by atoms with E-state index in [1.807, 2.05) is 45.9 Å². The van der Waals surface area contributed by atoms with Gasteiger partial charge < -0.3 is 5.32 Å². The zero-order valence-electron chi connectivity index (χ0n) is 23.6. The normalized spacial score (nSPS) is 11.6. The second-order valence-corrected chi connectivity index (χ2v) is 13.6. The standard InChI is InChI=1S/C31H33N3O5S2/c1-21-7-14-29(15-8-21)41(38,39)34(30-18-22(2)6-9-24(30)4)20-31(35)32-26-12-16-28(17-13-26)40(36,37)33-27-11-10-23(3)25(5)19-27/h6-19,33H,20H2,1-5H3,(H,32,35). The molecule has 2 N–H and O–H groups in total. The number of nitrogens with one attached hydrogen (secondary N) is 2. The first-order valence-electron chi connectivity index (χ1n) is 12.9. The van der Waals surface area contributed by atoms with E-state index >= 15 is 0 Å². The minimum atomic E-state index is -4.07. The van der Waals surface area contributed by atoms with E-state index in [4.69, 9.17) is 0 Å². The maximum Gasteiger partial charge on any atom is 0.264 e. The van der Waals surface area contributed by atoms with Crippen LogP contribution in [0.25, 0.3) is 0 Å². The molecule has 4 aromatic carbocycles. The van der Waals surface area contributed by atoms with Gasteiger partial charge in [0.15, 0.2) is 0 Å². The number of carbonyl (C=O) groups excluding carboxylic acids is 1. The third-order valence-electron chi connectivity index (χ3n) is 6.74. The Labute approximate surface area is 242 Å². The molecule has 0 atom stereocenters. The van der Waals surface area contributed by atoms with Gasteiger partial charge in [-0.1, -0.05) is 35.9 Å². The SMILES string of the molecule is Cc1ccc(S(=O)(=O)N(CC(=O)Nc2ccc(S(=O)(=O)Nc3ccc(C)c(C)c3)cc2)c2cc(C)ccc2C)cc1. The van der Waals surface area contributed by atoms with Gasteiger partial charge >= 0.3 is 0 Å². The Morgan fingerprint density at radius 1 is 0.634 bits per heavy atom. The van der Waals surface area contributed by atoms with Crippen LogP contribution in [0.4, 0.5) is 17.1 Å². The predicted molar refractivity (Wildman–Crippen MR) is 163 cm³/mol. The number of hydrogen-bond acceptors (Lipinski definition) is 5. The lowest BCUT2D eigenvalue weighted by Gasteiger charge is -2.26. The molecule has 0 saturated heterocycles. The number of aryl methyl sites for hydroxylation is 5. The summed E-state index contributed by atoms with van der Waals surface area (Å²) in [5.41, 5.74) is 5.65. The van der Waals surface area contributed by atoms with Crippen LogP contribution in [0.2, 0.25) is 0 Å². The van der Waals surface area contributed by atoms with Gasteiger partial charge in [-0.15, -0.1) is 0 Å². The molecule has 0 heterocycles. The summed E-state index contributed by atoms with van der Waals surface area (Å²) in [4.78, 5) is 13.3. The van der Waals surface area contributed by atoms with Gasteiger partial charge in [-0.3, -0.25) is 13.8 Å². The summed E-state index contributed by atoms with van der Waals surface area (Å²) < 4.78 is 56.9. The largest absolute Gasteiger partial charge is 0.325 e. The van der Waals surface area contributed by atoms with Crippen molar-refractivity contribution in [2.75, 3.05) is 20.9 Å². The summed E-state index contributed by atoms with van der Waals surface area (Å²) >= 11 is 0. The summed E-state index contributed by atoms with van der Waals surface area (Å²) in [6.07, 6.45) is 0. The van der Waals surface area contributed by atoms with Crippen molar-refractivity contribution in [2.24, 2.45) is 0 Å². The summed E-state index contributed by atoms with van der Waals surface area (Å²) in [5, 5.41) is 2.69. The molecule has 0 unspecified atom stereocenters. The summed E-state index contributed by atoms with van der Waals surface area (Å²) in [6, 6.07) is 22.8. The molecule has 8 nitrogen and oxygen atoms in total. The van der Waals surface area contributed by atoms with Crippen LogP contribution < -0.4 is 14.3 Å². The quantitative estimate of drug-likeness (QED) is 0.253. The second-order valence-electron chi connectivity index (χ2n) is 10.1. The van der Waals surface area contributed by atoms with Crippen molar-refractivity contribution in [3.63, 3.8) is 0 Å². The maximum absolute atomic E-state index is 13.7. The number of amides is 1. The van der Waals surface area contributed by atoms with Crippen molar-refractivity contribution in [3.8, 4) is 0 Å². The second kappa shape index (κ2) is 11.8. The highest BCUT2D eigenvalue weighted by Gasteiger charge is 2.28. The van der Waals surface area contributed by atoms with Crippen LogP contribution in [-0.4, -0.2) is 29.3 Å². The molecule has 0 aromatic heterocycles. The maximum atomic E-state index is 13.7. The number of carbonyl (C=O) groups is 1. The van der Waals surface area contributed by atoms with Gasteiger partial charge in [0, 0.05) is 11.4 Å². The summed E-state index contributed by atoms with van der Waals surface area (Å²) in [5.74, 6) is -0.578. The average molecular weight is 592 g/mol. The molecule has 0 aliphatic rings. The molecule has 0 radical (unpaired) electrons. The lowest BCUT2D eigenvalue weighted by molar-refractivity contribution is -0.114. The van der Waals surface area contributed by atoms with Crippen molar-refractivity contribution in [1.29, 1.82) is 0 Å². The highest BCUT2D eigenvalue weighted by molar-refractivity contribution is 7.93. The van der Waals surface area contributed by atoms with Gasteiger partial charge in [-0.25, -0.2) is 16.8 Å². The van der Waals surface area contributed by atoms with Crippen LogP contribution in [0.15, 0.2) is 94.7 Å². The van der Waals surface area contributed by atoms with Crippen molar-refractivity contribution < 1.29 is 21.6 Å². The smallest absolute Gasteiger partial charge is 0.264 e. The Morgan fingerprint density at radius 3 is 1.83 bits per heavy atom. The van der Waals surface area contributed by atoms with E-state index in [2.05, 4.69) is 10.0 Å². The lowest BCUT2D eigenvalue weighted by Crippen LogP contribution is -2.38. The van der Waals surface area contributed by atoms with Gasteiger partial charge in [0.1, 0.15) is 6.54 Å². The zero-order chi connectivity index (χ0) is 29.9. The topological polar surface area (TPSA) is 113 Å². The minimum absolute atomic E-state index is 0.0210. The number of nitrogens with zero attached hydrogens (tertiary/aromatic N) is 1. The fourth-order valence-corrected chi connectivity index (χ4v) is 6.72. The lowest BCUT2D eigenvalue weighted by atomic mass is 10.1. The molecule has 0 bridgehead atoms. The average Bonchev–Trinajstić information content (AvgIpc) is 2.91. The molecule has 10 heteroatoms. The molecule has 0 spiro atoms. The first-order chi connectivity index (χ1) is 19.3. The van der Waals surface area contributed by atoms with Crippen LogP contribution in [0.3, 0.4) is 0 Å². The van der Waals surface area contributed by atoms with E-state index < -0.39 is 32.5 Å². The predicted octanol–water partition coefficient (Wildman–Crippen LogP) is 5.86. The first-order valence-corrected chi connectivity index (χ1v) is 15.9. The number of sulfonamides is 2. The molecule has 4 aromatic rings. The third kappa shape index (κ3) is 6.96. The van der Waals surface area contributed by atoms with E-state index in [1.54, 1.807) is 37.3 Å². The Hall–Kier alpha value is -4.15. The molecule has 0 aliphatic heterocycles. The number of hydrogen-bond donors (Lipinski definition) is 2. The summed E-state index contributed by atoms with van der Waals surface area (Å²) in [7, 11) is -7.93. The first kappa shape index (κ1) is 29.8. The minimum Gasteiger partial charge on any atom is -0.325 e. The van der Waals surface area contributed by atoms with E-state index in [9.17, 15) is 21.6 Å². The van der Waals surface area contributed by atoms with Gasteiger partial charge in [0.05, 0.1) is 15.5 Å². The summed E-state index contributed by atoms with van der Waals surface area (Å²) in [6.45, 7) is 8.87. The Kier molecular flexibility index (Phi) is 8.55. The molecule has 0 fully saturated rings. The van der Waals surface area contributed by atoms with Gasteiger partial charge in [0.25, 0.3) is 20.0 Å². The van der Waals surface area contributed by atoms with E-state index in [0.717, 1.165) is 26.6 Å². The molecule has 41 heavy (non-hydrogen) atoms. The van der Waals surface area contributed by atoms with Crippen molar-refractivity contribution >= 4 is 43.0 Å². The molecule has 214 valence electrons. The highest BCUT2D eigenvalue weighted by atomic mass is 32.2. The van der Waals surface area contributed by atoms with Crippen molar-refractivity contribution in [2.45, 2.75) is 44.4 Å². The third-order valence-corrected chi connectivity index (χ3v) is 9.91. The van der Waals surface area contributed by atoms with Crippen LogP contribution in [-0.2, 0) is 24.8 Å². The Morgan fingerprint density at radius 2 is 1.20 bits per heavy atom. The van der Waals surface area contributed by atoms with Crippen LogP contribution in [0, 0.1) is 34.6 Å². The van der Waals surface area contributed by atoms with Gasteiger partial charge in [-0.2, -0.15) is 0 Å². The molecule has 1 amide bonds. The van der Waals surface area contributed by atoms with Crippen molar-refractivity contribution in [1.82, 2.24) is 0 Å². The molecular weight excluding hydrogens is 558 g/mol. The molecule has 4 rings (SSSR count). The van der Waals surface area contributed by atoms with E-state index in [1.165, 1.54) is 36.4 Å². The number of anilines is 3. The fourth-order valence-electron chi connectivity index (χ4n) is 4.19. The van der Waals surface area contributed by atoms with Crippen LogP contribution in [0.5, 0.6) is 0 Å². The molecular formula is C31H33N3O5S2. The molecule has 0 saturated carbocycles. The van der Waals surface area contributed by atoms with Gasteiger partial charge in [-0.05, 0) is 111 Å². The molecule has 0 aliphatic carbocycles. The monoisotopic (exact) mass is 591 g/mol. The Balaban J connectivity index is 1.55. The fraction of sp³-hybridized carbons (Fsp3) is 0.194. The number of rotatable bonds is 9. The van der Waals surface area contributed by atoms with Crippen LogP contribution in [0.1, 0.15) is 27.8 Å². The van der Waals surface area contributed by atoms with E-state index in [0.29, 0.717) is 22.6 Å². The van der Waals surface area contributed by atoms with Crippen molar-refractivity contribution in [3.05, 3.63) is 113 Å². The number of benzene rings is 4. The Bertz CT molecular complexity index is 1800. The highest BCUT2D eigenvalue weighted by Crippen LogP contribution is 2.28.